The van der Waals surface area contributed by atoms with Crippen LogP contribution in [0.5, 0.6) is 0 Å². The Kier molecular flexibility index (Phi) is 4.69. The Bertz CT molecular complexity index is 722. The van der Waals surface area contributed by atoms with Crippen molar-refractivity contribution in [3.63, 3.8) is 0 Å². The average Bonchev–Trinajstić information content (AvgIpc) is 3.01. The minimum absolute atomic E-state index is 0.139. The van der Waals surface area contributed by atoms with Gasteiger partial charge in [-0.25, -0.2) is 0 Å². The molecule has 0 N–H and O–H groups in total. The van der Waals surface area contributed by atoms with Crippen LogP contribution in [0.1, 0.15) is 28.8 Å². The predicted octanol–water partition coefficient (Wildman–Crippen LogP) is 2.58. The Morgan fingerprint density at radius 2 is 2.04 bits per heavy atom. The molecule has 0 unspecified atom stereocenters. The zero-order valence-electron chi connectivity index (χ0n) is 12.7. The Morgan fingerprint density at radius 1 is 1.39 bits per heavy atom. The van der Waals surface area contributed by atoms with Gasteiger partial charge in [0.15, 0.2) is 11.4 Å². The molecule has 0 aliphatic carbocycles. The van der Waals surface area contributed by atoms with Gasteiger partial charge in [-0.3, -0.25) is 14.2 Å². The molecule has 0 saturated heterocycles. The molecule has 0 saturated carbocycles. The Morgan fingerprint density at radius 3 is 2.52 bits per heavy atom. The second-order valence-corrected chi connectivity index (χ2v) is 5.33. The van der Waals surface area contributed by atoms with Crippen LogP contribution < -0.4 is 0 Å². The maximum Gasteiger partial charge on any atom is 0.434 e. The molecule has 0 aromatic carbocycles. The number of alkyl halides is 3. The average molecular weight is 350 g/mol. The Labute approximate surface area is 135 Å². The number of halogens is 4. The molecule has 6 nitrogen and oxygen atoms in total. The number of aromatic nitrogens is 4. The van der Waals surface area contributed by atoms with Gasteiger partial charge >= 0.3 is 6.18 Å². The molecule has 0 spiro atoms. The minimum Gasteiger partial charge on any atom is -0.334 e. The van der Waals surface area contributed by atoms with Gasteiger partial charge in [0.1, 0.15) is 5.02 Å². The van der Waals surface area contributed by atoms with Crippen molar-refractivity contribution in [3.05, 3.63) is 34.4 Å². The normalized spacial score (nSPS) is 11.8. The van der Waals surface area contributed by atoms with Crippen LogP contribution in [0.15, 0.2) is 12.3 Å². The van der Waals surface area contributed by atoms with Gasteiger partial charge in [-0.05, 0) is 13.0 Å². The van der Waals surface area contributed by atoms with Crippen molar-refractivity contribution in [1.82, 2.24) is 24.5 Å². The Balaban J connectivity index is 2.23. The van der Waals surface area contributed by atoms with Crippen molar-refractivity contribution in [1.29, 1.82) is 0 Å². The monoisotopic (exact) mass is 349 g/mol. The zero-order valence-corrected chi connectivity index (χ0v) is 13.5. The van der Waals surface area contributed by atoms with Crippen LogP contribution >= 0.6 is 11.6 Å². The molecule has 2 aromatic rings. The summed E-state index contributed by atoms with van der Waals surface area (Å²) in [6.45, 7) is 2.73. The van der Waals surface area contributed by atoms with E-state index in [9.17, 15) is 18.0 Å². The molecule has 0 atom stereocenters. The van der Waals surface area contributed by atoms with E-state index in [1.165, 1.54) is 11.9 Å². The van der Waals surface area contributed by atoms with E-state index in [4.69, 9.17) is 11.6 Å². The van der Waals surface area contributed by atoms with Gasteiger partial charge in [0.25, 0.3) is 5.91 Å². The van der Waals surface area contributed by atoms with E-state index in [-0.39, 0.29) is 6.54 Å². The van der Waals surface area contributed by atoms with Crippen molar-refractivity contribution in [2.75, 3.05) is 7.05 Å². The fourth-order valence-corrected chi connectivity index (χ4v) is 2.45. The van der Waals surface area contributed by atoms with Gasteiger partial charge in [-0.15, -0.1) is 0 Å². The van der Waals surface area contributed by atoms with Crippen LogP contribution in [0.4, 0.5) is 13.2 Å². The lowest BCUT2D eigenvalue weighted by Gasteiger charge is -2.14. The van der Waals surface area contributed by atoms with Crippen molar-refractivity contribution >= 4 is 17.5 Å². The highest BCUT2D eigenvalue weighted by Gasteiger charge is 2.40. The first-order valence-electron chi connectivity index (χ1n) is 6.72. The van der Waals surface area contributed by atoms with Gasteiger partial charge in [0.05, 0.1) is 12.2 Å². The topological polar surface area (TPSA) is 56.0 Å². The minimum atomic E-state index is -4.68. The summed E-state index contributed by atoms with van der Waals surface area (Å²) < 4.78 is 40.9. The number of nitrogens with zero attached hydrogens (tertiary/aromatic N) is 5. The third-order valence-electron chi connectivity index (χ3n) is 3.23. The molecular weight excluding hydrogens is 335 g/mol. The fourth-order valence-electron chi connectivity index (χ4n) is 2.10. The van der Waals surface area contributed by atoms with E-state index in [1.54, 1.807) is 16.9 Å². The number of carbonyl (C=O) groups excluding carboxylic acids is 1. The smallest absolute Gasteiger partial charge is 0.334 e. The lowest BCUT2D eigenvalue weighted by Crippen LogP contribution is -2.27. The van der Waals surface area contributed by atoms with Crippen LogP contribution in [-0.4, -0.2) is 37.4 Å². The van der Waals surface area contributed by atoms with E-state index in [2.05, 4.69) is 10.2 Å². The SMILES string of the molecule is CCn1ccc(CN(C)C(=O)c2nn(C)c(C(F)(F)F)c2Cl)n1. The van der Waals surface area contributed by atoms with Crippen LogP contribution in [0.3, 0.4) is 0 Å². The number of amides is 1. The number of hydrogen-bond donors (Lipinski definition) is 0. The second kappa shape index (κ2) is 6.23. The quantitative estimate of drug-likeness (QED) is 0.852. The molecule has 1 amide bonds. The second-order valence-electron chi connectivity index (χ2n) is 4.96. The van der Waals surface area contributed by atoms with Crippen molar-refractivity contribution in [2.24, 2.45) is 7.05 Å². The first-order chi connectivity index (χ1) is 10.6. The number of hydrogen-bond acceptors (Lipinski definition) is 3. The number of rotatable bonds is 4. The molecule has 0 bridgehead atoms. The van der Waals surface area contributed by atoms with Gasteiger partial charge in [0, 0.05) is 26.8 Å². The molecule has 0 fully saturated rings. The molecule has 2 rings (SSSR count). The molecule has 0 aliphatic heterocycles. The molecule has 2 heterocycles. The molecule has 2 aromatic heterocycles. The summed E-state index contributed by atoms with van der Waals surface area (Å²) in [5.41, 5.74) is -0.962. The standard InChI is InChI=1S/C13H15ClF3N5O/c1-4-22-6-5-8(18-22)7-20(2)12(23)10-9(14)11(13(15,16)17)21(3)19-10/h5-6H,4,7H2,1-3H3. The lowest BCUT2D eigenvalue weighted by atomic mass is 10.3. The highest BCUT2D eigenvalue weighted by atomic mass is 35.5. The predicted molar refractivity (Wildman–Crippen MR) is 76.9 cm³/mol. The summed E-state index contributed by atoms with van der Waals surface area (Å²) in [5, 5.41) is 7.12. The highest BCUT2D eigenvalue weighted by Crippen LogP contribution is 2.36. The van der Waals surface area contributed by atoms with E-state index >= 15 is 0 Å². The first-order valence-corrected chi connectivity index (χ1v) is 7.10. The molecule has 0 aliphatic rings. The molecule has 0 radical (unpaired) electrons. The van der Waals surface area contributed by atoms with Gasteiger partial charge < -0.3 is 4.90 Å². The van der Waals surface area contributed by atoms with Crippen molar-refractivity contribution in [3.8, 4) is 0 Å². The van der Waals surface area contributed by atoms with E-state index in [0.29, 0.717) is 16.9 Å². The highest BCUT2D eigenvalue weighted by molar-refractivity contribution is 6.34. The fraction of sp³-hybridized carbons (Fsp3) is 0.462. The van der Waals surface area contributed by atoms with E-state index in [0.717, 1.165) is 7.05 Å². The number of aryl methyl sites for hydroxylation is 2. The lowest BCUT2D eigenvalue weighted by molar-refractivity contribution is -0.143. The summed E-state index contributed by atoms with van der Waals surface area (Å²) in [4.78, 5) is 13.5. The third-order valence-corrected chi connectivity index (χ3v) is 3.58. The van der Waals surface area contributed by atoms with Crippen LogP contribution in [0.25, 0.3) is 0 Å². The van der Waals surface area contributed by atoms with Crippen LogP contribution in [0, 0.1) is 0 Å². The third kappa shape index (κ3) is 3.49. The largest absolute Gasteiger partial charge is 0.434 e. The Hall–Kier alpha value is -2.03. The maximum absolute atomic E-state index is 12.9. The van der Waals surface area contributed by atoms with Crippen LogP contribution in [0.2, 0.25) is 5.02 Å². The van der Waals surface area contributed by atoms with Crippen molar-refractivity contribution in [2.45, 2.75) is 26.2 Å². The molecule has 10 heteroatoms. The van der Waals surface area contributed by atoms with Crippen molar-refractivity contribution < 1.29 is 18.0 Å². The summed E-state index contributed by atoms with van der Waals surface area (Å²) >= 11 is 5.71. The summed E-state index contributed by atoms with van der Waals surface area (Å²) in [7, 11) is 2.54. The zero-order chi connectivity index (χ0) is 17.4. The van der Waals surface area contributed by atoms with Gasteiger partial charge in [-0.2, -0.15) is 23.4 Å². The van der Waals surface area contributed by atoms with Crippen LogP contribution in [-0.2, 0) is 26.3 Å². The summed E-state index contributed by atoms with van der Waals surface area (Å²) in [5.74, 6) is -0.702. The molecule has 23 heavy (non-hydrogen) atoms. The van der Waals surface area contributed by atoms with E-state index < -0.39 is 28.5 Å². The van der Waals surface area contributed by atoms with Gasteiger partial charge in [-0.1, -0.05) is 11.6 Å². The number of carbonyl (C=O) groups is 1. The van der Waals surface area contributed by atoms with E-state index in [1.807, 2.05) is 6.92 Å². The molecule has 126 valence electrons. The first kappa shape index (κ1) is 17.3. The maximum atomic E-state index is 12.9. The summed E-state index contributed by atoms with van der Waals surface area (Å²) in [6.07, 6.45) is -2.93. The summed E-state index contributed by atoms with van der Waals surface area (Å²) in [6, 6.07) is 1.73. The molecular formula is C13H15ClF3N5O. The van der Waals surface area contributed by atoms with Gasteiger partial charge in [0.2, 0.25) is 0 Å².